The Kier molecular flexibility index (Phi) is 6.18. The van der Waals surface area contributed by atoms with Crippen LogP contribution in [0.25, 0.3) is 0 Å². The molecule has 120 valence electrons. The number of ether oxygens (including phenoxy) is 1. The first kappa shape index (κ1) is 16.3. The van der Waals surface area contributed by atoms with E-state index in [0.29, 0.717) is 0 Å². The first-order valence-electron chi connectivity index (χ1n) is 7.82. The standard InChI is InChI=1S/C16H22N2O4/c19-16(17-13-8-4-2-1-3-5-9-13)12-22-15-11-7-6-10-14(15)18(20)21/h6-7,10-11,13H,1-5,8-9,12H2,(H,17,19). The molecule has 1 aliphatic carbocycles. The highest BCUT2D eigenvalue weighted by molar-refractivity contribution is 5.78. The topological polar surface area (TPSA) is 81.5 Å². The predicted octanol–water partition coefficient (Wildman–Crippen LogP) is 3.20. The van der Waals surface area contributed by atoms with Crippen LogP contribution in [0.3, 0.4) is 0 Å². The first-order valence-corrected chi connectivity index (χ1v) is 7.82. The summed E-state index contributed by atoms with van der Waals surface area (Å²) < 4.78 is 5.30. The summed E-state index contributed by atoms with van der Waals surface area (Å²) in [5.74, 6) is -0.0935. The lowest BCUT2D eigenvalue weighted by molar-refractivity contribution is -0.385. The molecule has 0 spiro atoms. The third-order valence-corrected chi connectivity index (χ3v) is 3.89. The normalized spacial score (nSPS) is 16.4. The van der Waals surface area contributed by atoms with Crippen LogP contribution in [0.1, 0.15) is 44.9 Å². The highest BCUT2D eigenvalue weighted by atomic mass is 16.6. The van der Waals surface area contributed by atoms with Crippen LogP contribution in [0.2, 0.25) is 0 Å². The Balaban J connectivity index is 1.83. The van der Waals surface area contributed by atoms with Gasteiger partial charge in [-0.05, 0) is 18.9 Å². The minimum Gasteiger partial charge on any atom is -0.477 e. The van der Waals surface area contributed by atoms with Crippen LogP contribution in [0.15, 0.2) is 24.3 Å². The molecule has 0 unspecified atom stereocenters. The van der Waals surface area contributed by atoms with Gasteiger partial charge in [-0.2, -0.15) is 0 Å². The number of nitro groups is 1. The van der Waals surface area contributed by atoms with Gasteiger partial charge in [0, 0.05) is 12.1 Å². The van der Waals surface area contributed by atoms with E-state index in [4.69, 9.17) is 4.74 Å². The van der Waals surface area contributed by atoms with Gasteiger partial charge in [0.25, 0.3) is 5.91 Å². The SMILES string of the molecule is O=C(COc1ccccc1[N+](=O)[O-])NC1CCCCCCC1. The van der Waals surface area contributed by atoms with Crippen molar-refractivity contribution in [1.82, 2.24) is 5.32 Å². The maximum absolute atomic E-state index is 12.0. The maximum atomic E-state index is 12.0. The van der Waals surface area contributed by atoms with Gasteiger partial charge in [-0.1, -0.05) is 44.2 Å². The van der Waals surface area contributed by atoms with Crippen molar-refractivity contribution in [2.45, 2.75) is 51.0 Å². The second-order valence-electron chi connectivity index (χ2n) is 5.62. The number of nitrogens with one attached hydrogen (secondary N) is 1. The number of rotatable bonds is 5. The Morgan fingerprint density at radius 3 is 2.50 bits per heavy atom. The van der Waals surface area contributed by atoms with Crippen LogP contribution in [0.5, 0.6) is 5.75 Å². The number of amides is 1. The van der Waals surface area contributed by atoms with E-state index < -0.39 is 4.92 Å². The minimum atomic E-state index is -0.512. The Morgan fingerprint density at radius 1 is 1.18 bits per heavy atom. The average Bonchev–Trinajstić information content (AvgIpc) is 2.48. The zero-order valence-electron chi connectivity index (χ0n) is 12.6. The molecule has 1 saturated carbocycles. The first-order chi connectivity index (χ1) is 10.7. The fraction of sp³-hybridized carbons (Fsp3) is 0.562. The van der Waals surface area contributed by atoms with Gasteiger partial charge in [-0.3, -0.25) is 14.9 Å². The third-order valence-electron chi connectivity index (χ3n) is 3.89. The highest BCUT2D eigenvalue weighted by Crippen LogP contribution is 2.25. The molecule has 1 amide bonds. The predicted molar refractivity (Wildman–Crippen MR) is 82.8 cm³/mol. The van der Waals surface area contributed by atoms with Crippen molar-refractivity contribution in [2.24, 2.45) is 0 Å². The van der Waals surface area contributed by atoms with E-state index in [0.717, 1.165) is 25.7 Å². The molecule has 0 atom stereocenters. The summed E-state index contributed by atoms with van der Waals surface area (Å²) in [5, 5.41) is 13.9. The van der Waals surface area contributed by atoms with E-state index in [1.54, 1.807) is 12.1 Å². The van der Waals surface area contributed by atoms with E-state index in [1.165, 1.54) is 31.4 Å². The summed E-state index contributed by atoms with van der Waals surface area (Å²) >= 11 is 0. The van der Waals surface area contributed by atoms with Crippen LogP contribution in [0, 0.1) is 10.1 Å². The monoisotopic (exact) mass is 306 g/mol. The van der Waals surface area contributed by atoms with Gasteiger partial charge in [-0.15, -0.1) is 0 Å². The average molecular weight is 306 g/mol. The molecular weight excluding hydrogens is 284 g/mol. The Hall–Kier alpha value is -2.11. The molecule has 6 nitrogen and oxygen atoms in total. The Morgan fingerprint density at radius 2 is 1.82 bits per heavy atom. The number of carbonyl (C=O) groups excluding carboxylic acids is 1. The molecule has 1 aliphatic rings. The second kappa shape index (κ2) is 8.36. The zero-order valence-corrected chi connectivity index (χ0v) is 12.6. The van der Waals surface area contributed by atoms with E-state index in [-0.39, 0.29) is 30.0 Å². The van der Waals surface area contributed by atoms with Gasteiger partial charge in [0.05, 0.1) is 4.92 Å². The van der Waals surface area contributed by atoms with Gasteiger partial charge in [-0.25, -0.2) is 0 Å². The van der Waals surface area contributed by atoms with Gasteiger partial charge < -0.3 is 10.1 Å². The number of nitrogens with zero attached hydrogens (tertiary/aromatic N) is 1. The Labute approximate surface area is 130 Å². The second-order valence-corrected chi connectivity index (χ2v) is 5.62. The van der Waals surface area contributed by atoms with E-state index in [9.17, 15) is 14.9 Å². The van der Waals surface area contributed by atoms with Crippen LogP contribution < -0.4 is 10.1 Å². The molecule has 1 fully saturated rings. The molecule has 0 aliphatic heterocycles. The van der Waals surface area contributed by atoms with Crippen LogP contribution >= 0.6 is 0 Å². The van der Waals surface area contributed by atoms with Crippen molar-refractivity contribution in [2.75, 3.05) is 6.61 Å². The van der Waals surface area contributed by atoms with Gasteiger partial charge in [0.2, 0.25) is 0 Å². The largest absolute Gasteiger partial charge is 0.477 e. The maximum Gasteiger partial charge on any atom is 0.310 e. The summed E-state index contributed by atoms with van der Waals surface area (Å²) in [7, 11) is 0. The smallest absolute Gasteiger partial charge is 0.310 e. The zero-order chi connectivity index (χ0) is 15.8. The molecule has 1 aromatic rings. The number of hydrogen-bond acceptors (Lipinski definition) is 4. The fourth-order valence-electron chi connectivity index (χ4n) is 2.74. The van der Waals surface area contributed by atoms with E-state index >= 15 is 0 Å². The molecule has 0 aromatic heterocycles. The molecular formula is C16H22N2O4. The van der Waals surface area contributed by atoms with Crippen molar-refractivity contribution in [1.29, 1.82) is 0 Å². The lowest BCUT2D eigenvalue weighted by atomic mass is 9.97. The summed E-state index contributed by atoms with van der Waals surface area (Å²) in [6.07, 6.45) is 7.99. The van der Waals surface area contributed by atoms with Gasteiger partial charge in [0.1, 0.15) is 0 Å². The third kappa shape index (κ3) is 5.02. The van der Waals surface area contributed by atoms with E-state index in [1.807, 2.05) is 0 Å². The molecule has 0 saturated heterocycles. The van der Waals surface area contributed by atoms with Crippen molar-refractivity contribution in [3.8, 4) is 5.75 Å². The Bertz CT molecular complexity index is 511. The van der Waals surface area contributed by atoms with Gasteiger partial charge in [0.15, 0.2) is 12.4 Å². The van der Waals surface area contributed by atoms with Crippen molar-refractivity contribution >= 4 is 11.6 Å². The summed E-state index contributed by atoms with van der Waals surface area (Å²) in [6.45, 7) is -0.193. The van der Waals surface area contributed by atoms with Crippen LogP contribution in [0.4, 0.5) is 5.69 Å². The molecule has 22 heavy (non-hydrogen) atoms. The van der Waals surface area contributed by atoms with Gasteiger partial charge >= 0.3 is 5.69 Å². The summed E-state index contributed by atoms with van der Waals surface area (Å²) in [4.78, 5) is 22.3. The molecule has 1 aromatic carbocycles. The van der Waals surface area contributed by atoms with E-state index in [2.05, 4.69) is 5.32 Å². The quantitative estimate of drug-likeness (QED) is 0.669. The number of para-hydroxylation sites is 2. The molecule has 0 bridgehead atoms. The summed E-state index contributed by atoms with van der Waals surface area (Å²) in [5.41, 5.74) is -0.124. The van der Waals surface area contributed by atoms with Crippen molar-refractivity contribution < 1.29 is 14.5 Å². The van der Waals surface area contributed by atoms with Crippen LogP contribution in [-0.2, 0) is 4.79 Å². The lowest BCUT2D eigenvalue weighted by Crippen LogP contribution is -2.38. The number of hydrogen-bond donors (Lipinski definition) is 1. The minimum absolute atomic E-state index is 0.124. The number of carbonyl (C=O) groups is 1. The molecule has 0 heterocycles. The number of benzene rings is 1. The highest BCUT2D eigenvalue weighted by Gasteiger charge is 2.17. The molecule has 2 rings (SSSR count). The lowest BCUT2D eigenvalue weighted by Gasteiger charge is -2.21. The fourth-order valence-corrected chi connectivity index (χ4v) is 2.74. The van der Waals surface area contributed by atoms with Crippen LogP contribution in [-0.4, -0.2) is 23.5 Å². The van der Waals surface area contributed by atoms with Crippen molar-refractivity contribution in [3.05, 3.63) is 34.4 Å². The molecule has 1 N–H and O–H groups in total. The molecule has 6 heteroatoms. The van der Waals surface area contributed by atoms with Crippen molar-refractivity contribution in [3.63, 3.8) is 0 Å². The number of nitro benzene ring substituents is 1. The molecule has 0 radical (unpaired) electrons. The summed E-state index contributed by atoms with van der Waals surface area (Å²) in [6, 6.07) is 6.28.